The first-order valence-corrected chi connectivity index (χ1v) is 14.8. The third-order valence-electron chi connectivity index (χ3n) is 7.11. The van der Waals surface area contributed by atoms with Crippen LogP contribution in [0.25, 0.3) is 0 Å². The van der Waals surface area contributed by atoms with Gasteiger partial charge >= 0.3 is 5.97 Å². The molecule has 1 aromatic carbocycles. The van der Waals surface area contributed by atoms with E-state index in [-0.39, 0.29) is 43.6 Å². The summed E-state index contributed by atoms with van der Waals surface area (Å²) >= 11 is 0. The van der Waals surface area contributed by atoms with Crippen LogP contribution in [0.3, 0.4) is 0 Å². The Balaban J connectivity index is 2.21. The van der Waals surface area contributed by atoms with Crippen molar-refractivity contribution in [1.29, 1.82) is 0 Å². The lowest BCUT2D eigenvalue weighted by molar-refractivity contribution is -0.162. The van der Waals surface area contributed by atoms with E-state index < -0.39 is 51.4 Å². The van der Waals surface area contributed by atoms with E-state index in [4.69, 9.17) is 4.84 Å². The highest BCUT2D eigenvalue weighted by molar-refractivity contribution is 7.90. The first-order chi connectivity index (χ1) is 17.8. The van der Waals surface area contributed by atoms with Crippen LogP contribution in [0, 0.1) is 5.92 Å². The van der Waals surface area contributed by atoms with Gasteiger partial charge in [-0.05, 0) is 30.7 Å². The average molecular weight is 554 g/mol. The Morgan fingerprint density at radius 3 is 2.45 bits per heavy atom. The molecule has 0 unspecified atom stereocenters. The van der Waals surface area contributed by atoms with Crippen LogP contribution >= 0.6 is 0 Å². The van der Waals surface area contributed by atoms with Gasteiger partial charge in [0.05, 0.1) is 18.4 Å². The molecular weight excluding hydrogens is 514 g/mol. The molecule has 1 saturated heterocycles. The minimum absolute atomic E-state index is 0.0631. The van der Waals surface area contributed by atoms with Crippen LogP contribution in [0.1, 0.15) is 51.5 Å². The molecule has 1 heterocycles. The minimum Gasteiger partial charge on any atom is -0.479 e. The highest BCUT2D eigenvalue weighted by atomic mass is 32.2. The lowest BCUT2D eigenvalue weighted by atomic mass is 9.88. The van der Waals surface area contributed by atoms with Crippen molar-refractivity contribution >= 4 is 33.4 Å². The molecule has 2 rings (SSSR count). The Morgan fingerprint density at radius 2 is 1.92 bits per heavy atom. The van der Waals surface area contributed by atoms with Crippen LogP contribution in [0.15, 0.2) is 30.3 Å². The second-order valence-electron chi connectivity index (χ2n) is 9.97. The topological polar surface area (TPSA) is 159 Å². The molecule has 12 heteroatoms. The number of rotatable bonds is 16. The predicted octanol–water partition coefficient (Wildman–Crippen LogP) is 1.12. The molecule has 1 aliphatic rings. The minimum atomic E-state index is -3.59. The van der Waals surface area contributed by atoms with Gasteiger partial charge in [-0.1, -0.05) is 50.6 Å². The zero-order valence-corrected chi connectivity index (χ0v) is 23.3. The standard InChI is InChI=1S/C26H39N3O8S/c1-5-18(2)21(29(3)24(32)20-12-14-23(31)27-20)17-37-28-26(25(33)34,15-16-38(4,35)36)22(30)13-11-19-9-7-6-8-10-19/h6-10,18,20-21,28H,5,11-17H2,1-4H3,(H,27,31)(H,33,34)/t18-,20-,21+,26-/m0/s1. The maximum atomic E-state index is 13.3. The molecule has 2 amide bonds. The van der Waals surface area contributed by atoms with E-state index in [0.717, 1.165) is 11.8 Å². The molecule has 38 heavy (non-hydrogen) atoms. The van der Waals surface area contributed by atoms with Crippen LogP contribution in [0.5, 0.6) is 0 Å². The first-order valence-electron chi connectivity index (χ1n) is 12.7. The van der Waals surface area contributed by atoms with E-state index in [9.17, 15) is 32.7 Å². The molecule has 0 saturated carbocycles. The van der Waals surface area contributed by atoms with E-state index in [1.807, 2.05) is 32.0 Å². The summed E-state index contributed by atoms with van der Waals surface area (Å²) in [5.41, 5.74) is 0.942. The van der Waals surface area contributed by atoms with Gasteiger partial charge in [-0.15, -0.1) is 0 Å². The maximum absolute atomic E-state index is 13.3. The van der Waals surface area contributed by atoms with E-state index in [1.54, 1.807) is 19.2 Å². The molecular formula is C26H39N3O8S. The second kappa shape index (κ2) is 13.8. The maximum Gasteiger partial charge on any atom is 0.333 e. The molecule has 0 radical (unpaired) electrons. The number of aliphatic carboxylic acids is 1. The third kappa shape index (κ3) is 8.60. The highest BCUT2D eigenvalue weighted by Gasteiger charge is 2.47. The molecule has 0 bridgehead atoms. The number of benzene rings is 1. The van der Waals surface area contributed by atoms with E-state index in [2.05, 4.69) is 10.8 Å². The van der Waals surface area contributed by atoms with Crippen LogP contribution in [-0.4, -0.2) is 85.3 Å². The number of carbonyl (C=O) groups excluding carboxylic acids is 3. The van der Waals surface area contributed by atoms with Gasteiger partial charge in [-0.2, -0.15) is 5.48 Å². The monoisotopic (exact) mass is 553 g/mol. The quantitative estimate of drug-likeness (QED) is 0.201. The average Bonchev–Trinajstić information content (AvgIpc) is 3.31. The van der Waals surface area contributed by atoms with Gasteiger partial charge < -0.3 is 15.3 Å². The molecule has 0 aromatic heterocycles. The van der Waals surface area contributed by atoms with Gasteiger partial charge in [0.1, 0.15) is 15.9 Å². The van der Waals surface area contributed by atoms with E-state index in [0.29, 0.717) is 12.8 Å². The van der Waals surface area contributed by atoms with Gasteiger partial charge in [0.25, 0.3) is 0 Å². The summed E-state index contributed by atoms with van der Waals surface area (Å²) in [7, 11) is -2.00. The Labute approximate surface area is 224 Å². The fraction of sp³-hybridized carbons (Fsp3) is 0.615. The Kier molecular flexibility index (Phi) is 11.4. The number of aryl methyl sites for hydroxylation is 1. The number of hydrogen-bond acceptors (Lipinski definition) is 8. The summed E-state index contributed by atoms with van der Waals surface area (Å²) in [4.78, 5) is 57.4. The van der Waals surface area contributed by atoms with Crippen molar-refractivity contribution in [3.05, 3.63) is 35.9 Å². The van der Waals surface area contributed by atoms with Crippen LogP contribution < -0.4 is 10.8 Å². The van der Waals surface area contributed by atoms with Crippen molar-refractivity contribution in [2.75, 3.05) is 25.7 Å². The molecule has 11 nitrogen and oxygen atoms in total. The number of nitrogens with zero attached hydrogens (tertiary/aromatic N) is 1. The normalized spacial score (nSPS) is 18.7. The summed E-state index contributed by atoms with van der Waals surface area (Å²) in [6.45, 7) is 3.68. The molecule has 1 fully saturated rings. The lowest BCUT2D eigenvalue weighted by Crippen LogP contribution is -2.60. The Bertz CT molecular complexity index is 1090. The van der Waals surface area contributed by atoms with Crippen molar-refractivity contribution in [2.45, 2.75) is 70.0 Å². The number of sulfone groups is 1. The number of likely N-dealkylation sites (N-methyl/N-ethyl adjacent to an activating group) is 1. The number of Topliss-reactive ketones (excluding diaryl/α,β-unsaturated/α-hetero) is 1. The van der Waals surface area contributed by atoms with Gasteiger partial charge in [-0.25, -0.2) is 13.2 Å². The van der Waals surface area contributed by atoms with Crippen molar-refractivity contribution in [3.63, 3.8) is 0 Å². The lowest BCUT2D eigenvalue weighted by Gasteiger charge is -2.35. The molecule has 212 valence electrons. The van der Waals surface area contributed by atoms with Crippen LogP contribution in [0.2, 0.25) is 0 Å². The fourth-order valence-electron chi connectivity index (χ4n) is 4.36. The Hall–Kier alpha value is -2.83. The number of carboxylic acids is 1. The molecule has 0 spiro atoms. The van der Waals surface area contributed by atoms with Crippen LogP contribution in [-0.2, 0) is 40.3 Å². The summed E-state index contributed by atoms with van der Waals surface area (Å²) in [5, 5.41) is 12.8. The van der Waals surface area contributed by atoms with E-state index in [1.165, 1.54) is 4.90 Å². The number of hydroxylamine groups is 1. The summed E-state index contributed by atoms with van der Waals surface area (Å²) in [6, 6.07) is 7.92. The number of hydrogen-bond donors (Lipinski definition) is 3. The zero-order chi connectivity index (χ0) is 28.5. The molecule has 4 atom stereocenters. The first kappa shape index (κ1) is 31.4. The second-order valence-corrected chi connectivity index (χ2v) is 12.2. The summed E-state index contributed by atoms with van der Waals surface area (Å²) in [6.07, 6.45) is 1.90. The number of amides is 2. The third-order valence-corrected chi connectivity index (χ3v) is 8.06. The van der Waals surface area contributed by atoms with Gasteiger partial charge in [-0.3, -0.25) is 19.2 Å². The van der Waals surface area contributed by atoms with Crippen molar-refractivity contribution < 1.29 is 37.5 Å². The summed E-state index contributed by atoms with van der Waals surface area (Å²) in [5.74, 6) is -3.34. The Morgan fingerprint density at radius 1 is 1.26 bits per heavy atom. The largest absolute Gasteiger partial charge is 0.479 e. The van der Waals surface area contributed by atoms with Crippen molar-refractivity contribution in [1.82, 2.24) is 15.7 Å². The van der Waals surface area contributed by atoms with Gasteiger partial charge in [0.2, 0.25) is 11.8 Å². The predicted molar refractivity (Wildman–Crippen MR) is 141 cm³/mol. The summed E-state index contributed by atoms with van der Waals surface area (Å²) < 4.78 is 23.8. The van der Waals surface area contributed by atoms with Crippen LogP contribution in [0.4, 0.5) is 0 Å². The zero-order valence-electron chi connectivity index (χ0n) is 22.4. The molecule has 1 aliphatic heterocycles. The highest BCUT2D eigenvalue weighted by Crippen LogP contribution is 2.21. The van der Waals surface area contributed by atoms with Crippen molar-refractivity contribution in [3.8, 4) is 0 Å². The number of carboxylic acid groups (broad SMARTS) is 1. The fourth-order valence-corrected chi connectivity index (χ4v) is 5.04. The molecule has 1 aromatic rings. The number of carbonyl (C=O) groups is 4. The molecule has 0 aliphatic carbocycles. The van der Waals surface area contributed by atoms with Gasteiger partial charge in [0, 0.05) is 26.1 Å². The SMILES string of the molecule is CC[C@H](C)[C@@H](CON[C@](CCS(C)(=O)=O)(C(=O)O)C(=O)CCc1ccccc1)N(C)C(=O)[C@@H]1CCC(=O)N1. The number of nitrogens with one attached hydrogen (secondary N) is 2. The number of ketones is 1. The van der Waals surface area contributed by atoms with Gasteiger partial charge in [0.15, 0.2) is 11.3 Å². The smallest absolute Gasteiger partial charge is 0.333 e. The van der Waals surface area contributed by atoms with E-state index >= 15 is 0 Å². The van der Waals surface area contributed by atoms with Crippen molar-refractivity contribution in [2.24, 2.45) is 5.92 Å². The molecule has 3 N–H and O–H groups in total.